The summed E-state index contributed by atoms with van der Waals surface area (Å²) in [5.41, 5.74) is -0.407. The van der Waals surface area contributed by atoms with Crippen LogP contribution in [0.5, 0.6) is 0 Å². The highest BCUT2D eigenvalue weighted by atomic mass is 19.4. The Labute approximate surface area is 160 Å². The fourth-order valence-electron chi connectivity index (χ4n) is 4.17. The maximum atomic E-state index is 12.8. The van der Waals surface area contributed by atoms with Gasteiger partial charge in [0, 0.05) is 18.3 Å². The third-order valence-electron chi connectivity index (χ3n) is 5.59. The second kappa shape index (κ2) is 7.44. The van der Waals surface area contributed by atoms with Gasteiger partial charge in [0.05, 0.1) is 11.6 Å². The molecule has 2 amide bonds. The van der Waals surface area contributed by atoms with Gasteiger partial charge in [0.1, 0.15) is 6.33 Å². The van der Waals surface area contributed by atoms with Crippen LogP contribution in [-0.2, 0) is 6.18 Å². The van der Waals surface area contributed by atoms with Gasteiger partial charge in [-0.25, -0.2) is 4.79 Å². The van der Waals surface area contributed by atoms with Gasteiger partial charge in [-0.15, -0.1) is 10.2 Å². The van der Waals surface area contributed by atoms with Crippen LogP contribution in [-0.4, -0.2) is 32.2 Å². The summed E-state index contributed by atoms with van der Waals surface area (Å²) in [5, 5.41) is 11.1. The maximum absolute atomic E-state index is 12.8. The van der Waals surface area contributed by atoms with E-state index in [1.54, 1.807) is 11.2 Å². The number of likely N-dealkylation sites (tertiary alicyclic amines) is 1. The summed E-state index contributed by atoms with van der Waals surface area (Å²) in [6.07, 6.45) is 3.55. The SMILES string of the molecule is O=C(Nc1ccc(C(F)(F)F)cc1)N1CCCC1c1nncn1C1CCCC1. The zero-order chi connectivity index (χ0) is 19.7. The second-order valence-corrected chi connectivity index (χ2v) is 7.39. The molecule has 1 aliphatic heterocycles. The van der Waals surface area contributed by atoms with Crippen molar-refractivity contribution in [2.24, 2.45) is 0 Å². The Kier molecular flexibility index (Phi) is 4.99. The smallest absolute Gasteiger partial charge is 0.314 e. The van der Waals surface area contributed by atoms with Gasteiger partial charge in [-0.2, -0.15) is 13.2 Å². The average Bonchev–Trinajstić information content (AvgIpc) is 3.40. The molecule has 1 atom stereocenters. The summed E-state index contributed by atoms with van der Waals surface area (Å²) < 4.78 is 40.2. The van der Waals surface area contributed by atoms with Crippen molar-refractivity contribution in [2.75, 3.05) is 11.9 Å². The molecule has 2 fully saturated rings. The molecule has 1 aromatic heterocycles. The van der Waals surface area contributed by atoms with E-state index in [0.717, 1.165) is 43.6 Å². The molecule has 6 nitrogen and oxygen atoms in total. The first kappa shape index (κ1) is 18.8. The first-order chi connectivity index (χ1) is 13.4. The third-order valence-corrected chi connectivity index (χ3v) is 5.59. The molecule has 2 aliphatic rings. The molecule has 4 rings (SSSR count). The van der Waals surface area contributed by atoms with Crippen molar-refractivity contribution in [1.29, 1.82) is 0 Å². The van der Waals surface area contributed by atoms with E-state index in [1.807, 2.05) is 0 Å². The van der Waals surface area contributed by atoms with E-state index >= 15 is 0 Å². The fraction of sp³-hybridized carbons (Fsp3) is 0.526. The predicted octanol–water partition coefficient (Wildman–Crippen LogP) is 4.78. The fourth-order valence-corrected chi connectivity index (χ4v) is 4.17. The number of urea groups is 1. The van der Waals surface area contributed by atoms with E-state index in [4.69, 9.17) is 0 Å². The predicted molar refractivity (Wildman–Crippen MR) is 96.7 cm³/mol. The number of rotatable bonds is 3. The second-order valence-electron chi connectivity index (χ2n) is 7.39. The summed E-state index contributed by atoms with van der Waals surface area (Å²) in [6.45, 7) is 0.578. The van der Waals surface area contributed by atoms with Crippen LogP contribution in [0, 0.1) is 0 Å². The number of nitrogens with one attached hydrogen (secondary N) is 1. The highest BCUT2D eigenvalue weighted by molar-refractivity contribution is 5.89. The van der Waals surface area contributed by atoms with Gasteiger partial charge < -0.3 is 14.8 Å². The molecular formula is C19H22F3N5O. The zero-order valence-electron chi connectivity index (χ0n) is 15.3. The van der Waals surface area contributed by atoms with E-state index in [0.29, 0.717) is 18.3 Å². The summed E-state index contributed by atoms with van der Waals surface area (Å²) in [7, 11) is 0. The minimum Gasteiger partial charge on any atom is -0.314 e. The molecule has 9 heteroatoms. The topological polar surface area (TPSA) is 63.1 Å². The Bertz CT molecular complexity index is 827. The van der Waals surface area contributed by atoms with Gasteiger partial charge in [-0.05, 0) is 49.9 Å². The van der Waals surface area contributed by atoms with Crippen molar-refractivity contribution >= 4 is 11.7 Å². The number of aromatic nitrogens is 3. The standard InChI is InChI=1S/C19H22F3N5O/c20-19(21,22)13-7-9-14(10-8-13)24-18(28)26-11-3-6-16(26)17-25-23-12-27(17)15-4-1-2-5-15/h7-10,12,15-16H,1-6,11H2,(H,24,28). The van der Waals surface area contributed by atoms with Gasteiger partial charge in [0.2, 0.25) is 0 Å². The molecule has 0 radical (unpaired) electrons. The van der Waals surface area contributed by atoms with E-state index in [1.165, 1.54) is 25.0 Å². The van der Waals surface area contributed by atoms with Gasteiger partial charge >= 0.3 is 12.2 Å². The van der Waals surface area contributed by atoms with E-state index in [-0.39, 0.29) is 12.1 Å². The lowest BCUT2D eigenvalue weighted by Gasteiger charge is -2.26. The molecule has 2 aromatic rings. The number of alkyl halides is 3. The summed E-state index contributed by atoms with van der Waals surface area (Å²) in [6, 6.07) is 4.35. The average molecular weight is 393 g/mol. The van der Waals surface area contributed by atoms with Crippen molar-refractivity contribution < 1.29 is 18.0 Å². The quantitative estimate of drug-likeness (QED) is 0.816. The van der Waals surface area contributed by atoms with Crippen molar-refractivity contribution in [3.63, 3.8) is 0 Å². The van der Waals surface area contributed by atoms with Gasteiger partial charge in [-0.3, -0.25) is 0 Å². The van der Waals surface area contributed by atoms with Crippen LogP contribution in [0.3, 0.4) is 0 Å². The summed E-state index contributed by atoms with van der Waals surface area (Å²) >= 11 is 0. The molecule has 0 spiro atoms. The van der Waals surface area contributed by atoms with Crippen molar-refractivity contribution in [3.8, 4) is 0 Å². The number of halogens is 3. The molecule has 1 aliphatic carbocycles. The minimum absolute atomic E-state index is 0.169. The molecule has 28 heavy (non-hydrogen) atoms. The normalized spacial score (nSPS) is 20.7. The molecule has 1 N–H and O–H groups in total. The highest BCUT2D eigenvalue weighted by Gasteiger charge is 2.35. The highest BCUT2D eigenvalue weighted by Crippen LogP contribution is 2.36. The Morgan fingerprint density at radius 2 is 1.79 bits per heavy atom. The van der Waals surface area contributed by atoms with Crippen LogP contribution in [0.25, 0.3) is 0 Å². The number of anilines is 1. The molecule has 1 saturated carbocycles. The Morgan fingerprint density at radius 3 is 2.46 bits per heavy atom. The number of hydrogen-bond donors (Lipinski definition) is 1. The number of carbonyl (C=O) groups is 1. The Hall–Kier alpha value is -2.58. The largest absolute Gasteiger partial charge is 0.416 e. The number of nitrogens with zero attached hydrogens (tertiary/aromatic N) is 4. The molecular weight excluding hydrogens is 371 g/mol. The summed E-state index contributed by atoms with van der Waals surface area (Å²) in [5.74, 6) is 0.798. The lowest BCUT2D eigenvalue weighted by Crippen LogP contribution is -2.35. The Balaban J connectivity index is 1.48. The van der Waals surface area contributed by atoms with E-state index in [2.05, 4.69) is 20.1 Å². The molecule has 1 saturated heterocycles. The number of hydrogen-bond acceptors (Lipinski definition) is 3. The molecule has 150 valence electrons. The summed E-state index contributed by atoms with van der Waals surface area (Å²) in [4.78, 5) is 14.5. The monoisotopic (exact) mass is 393 g/mol. The molecule has 1 unspecified atom stereocenters. The molecule has 2 heterocycles. The van der Waals surface area contributed by atoms with E-state index in [9.17, 15) is 18.0 Å². The zero-order valence-corrected chi connectivity index (χ0v) is 15.3. The maximum Gasteiger partial charge on any atom is 0.416 e. The number of amides is 2. The van der Waals surface area contributed by atoms with Crippen molar-refractivity contribution in [2.45, 2.75) is 56.8 Å². The van der Waals surface area contributed by atoms with Gasteiger partial charge in [0.25, 0.3) is 0 Å². The first-order valence-corrected chi connectivity index (χ1v) is 9.58. The van der Waals surface area contributed by atoms with Crippen LogP contribution >= 0.6 is 0 Å². The van der Waals surface area contributed by atoms with Crippen molar-refractivity contribution in [1.82, 2.24) is 19.7 Å². The lowest BCUT2D eigenvalue weighted by atomic mass is 10.1. The Morgan fingerprint density at radius 1 is 1.07 bits per heavy atom. The van der Waals surface area contributed by atoms with Crippen LogP contribution in [0.4, 0.5) is 23.7 Å². The van der Waals surface area contributed by atoms with Crippen LogP contribution in [0.1, 0.15) is 62.0 Å². The van der Waals surface area contributed by atoms with Crippen molar-refractivity contribution in [3.05, 3.63) is 42.0 Å². The third kappa shape index (κ3) is 3.70. The minimum atomic E-state index is -4.40. The van der Waals surface area contributed by atoms with Crippen LogP contribution in [0.2, 0.25) is 0 Å². The first-order valence-electron chi connectivity index (χ1n) is 9.58. The van der Waals surface area contributed by atoms with E-state index < -0.39 is 11.7 Å². The molecule has 1 aromatic carbocycles. The number of benzene rings is 1. The van der Waals surface area contributed by atoms with Gasteiger partial charge in [0.15, 0.2) is 5.82 Å². The van der Waals surface area contributed by atoms with Crippen LogP contribution in [0.15, 0.2) is 30.6 Å². The molecule has 0 bridgehead atoms. The van der Waals surface area contributed by atoms with Crippen LogP contribution < -0.4 is 5.32 Å². The number of carbonyl (C=O) groups excluding carboxylic acids is 1. The lowest BCUT2D eigenvalue weighted by molar-refractivity contribution is -0.137. The van der Waals surface area contributed by atoms with Gasteiger partial charge in [-0.1, -0.05) is 12.8 Å².